The van der Waals surface area contributed by atoms with Crippen LogP contribution in [0, 0.1) is 5.92 Å². The van der Waals surface area contributed by atoms with Crippen molar-refractivity contribution >= 4 is 31.6 Å². The first kappa shape index (κ1) is 15.8. The zero-order valence-corrected chi connectivity index (χ0v) is 13.8. The summed E-state index contributed by atoms with van der Waals surface area (Å²) in [5.41, 5.74) is 6.19. The van der Waals surface area contributed by atoms with Crippen LogP contribution >= 0.6 is 15.9 Å². The van der Waals surface area contributed by atoms with Gasteiger partial charge in [0.15, 0.2) is 0 Å². The molecular weight excluding hydrogens is 344 g/mol. The second-order valence-corrected chi connectivity index (χ2v) is 7.78. The Hall–Kier alpha value is -0.630. The smallest absolute Gasteiger partial charge is 0.244 e. The van der Waals surface area contributed by atoms with Gasteiger partial charge in [-0.2, -0.15) is 4.31 Å². The van der Waals surface area contributed by atoms with Crippen LogP contribution in [0.25, 0.3) is 0 Å². The number of nitrogens with zero attached hydrogens (tertiary/aromatic N) is 1. The maximum atomic E-state index is 12.7. The van der Waals surface area contributed by atoms with Crippen molar-refractivity contribution in [3.63, 3.8) is 0 Å². The molecule has 1 aliphatic rings. The van der Waals surface area contributed by atoms with Crippen molar-refractivity contribution in [1.82, 2.24) is 4.31 Å². The van der Waals surface area contributed by atoms with Gasteiger partial charge in [0.25, 0.3) is 0 Å². The third-order valence-corrected chi connectivity index (χ3v) is 6.30. The van der Waals surface area contributed by atoms with E-state index in [0.29, 0.717) is 29.9 Å². The highest BCUT2D eigenvalue weighted by molar-refractivity contribution is 9.10. The van der Waals surface area contributed by atoms with Gasteiger partial charge in [0.05, 0.1) is 11.5 Å². The van der Waals surface area contributed by atoms with Gasteiger partial charge in [-0.25, -0.2) is 8.42 Å². The average Bonchev–Trinajstić information content (AvgIpc) is 2.39. The van der Waals surface area contributed by atoms with Gasteiger partial charge < -0.3 is 10.5 Å². The molecule has 1 saturated heterocycles. The van der Waals surface area contributed by atoms with E-state index in [1.807, 2.05) is 0 Å². The number of rotatable bonds is 4. The molecule has 0 saturated carbocycles. The van der Waals surface area contributed by atoms with Gasteiger partial charge in [0.1, 0.15) is 0 Å². The molecule has 1 aromatic carbocycles. The Kier molecular flexibility index (Phi) is 5.06. The zero-order chi connectivity index (χ0) is 14.8. The summed E-state index contributed by atoms with van der Waals surface area (Å²) in [6.45, 7) is 1.65. The number of methoxy groups -OCH3 is 1. The lowest BCUT2D eigenvalue weighted by Gasteiger charge is -2.31. The summed E-state index contributed by atoms with van der Waals surface area (Å²) >= 11 is 3.28. The predicted octanol–water partition coefficient (Wildman–Crippen LogP) is 2.08. The fraction of sp³-hybridized carbons (Fsp3) is 0.538. The first-order chi connectivity index (χ1) is 9.45. The monoisotopic (exact) mass is 362 g/mol. The SMILES string of the molecule is COCC1CCCN(S(=O)(=O)c2ccc(N)cc2Br)C1. The number of benzene rings is 1. The fourth-order valence-corrected chi connectivity index (χ4v) is 5.09. The largest absolute Gasteiger partial charge is 0.399 e. The van der Waals surface area contributed by atoms with Crippen LogP contribution in [0.1, 0.15) is 12.8 Å². The van der Waals surface area contributed by atoms with Crippen molar-refractivity contribution in [3.8, 4) is 0 Å². The number of sulfonamides is 1. The van der Waals surface area contributed by atoms with Crippen LogP contribution in [0.4, 0.5) is 5.69 Å². The minimum absolute atomic E-state index is 0.260. The summed E-state index contributed by atoms with van der Waals surface area (Å²) < 4.78 is 32.6. The van der Waals surface area contributed by atoms with E-state index < -0.39 is 10.0 Å². The molecule has 1 unspecified atom stereocenters. The van der Waals surface area contributed by atoms with Crippen molar-refractivity contribution in [2.45, 2.75) is 17.7 Å². The van der Waals surface area contributed by atoms with E-state index in [1.54, 1.807) is 25.3 Å². The number of halogens is 1. The summed E-state index contributed by atoms with van der Waals surface area (Å²) in [6, 6.07) is 4.77. The normalized spacial score (nSPS) is 21.0. The maximum Gasteiger partial charge on any atom is 0.244 e. The summed E-state index contributed by atoms with van der Waals surface area (Å²) in [5.74, 6) is 0.260. The van der Waals surface area contributed by atoms with Gasteiger partial charge in [-0.05, 0) is 52.9 Å². The number of piperidine rings is 1. The molecule has 0 amide bonds. The Morgan fingerprint density at radius 3 is 2.90 bits per heavy atom. The summed E-state index contributed by atoms with van der Waals surface area (Å²) in [5, 5.41) is 0. The van der Waals surface area contributed by atoms with E-state index in [1.165, 1.54) is 4.31 Å². The van der Waals surface area contributed by atoms with Crippen LogP contribution < -0.4 is 5.73 Å². The number of hydrogen-bond acceptors (Lipinski definition) is 4. The third-order valence-electron chi connectivity index (χ3n) is 3.46. The van der Waals surface area contributed by atoms with Gasteiger partial charge in [-0.1, -0.05) is 0 Å². The van der Waals surface area contributed by atoms with E-state index in [4.69, 9.17) is 10.5 Å². The molecule has 1 aliphatic heterocycles. The molecule has 1 aromatic rings. The lowest BCUT2D eigenvalue weighted by atomic mass is 10.0. The zero-order valence-electron chi connectivity index (χ0n) is 11.4. The molecule has 0 radical (unpaired) electrons. The lowest BCUT2D eigenvalue weighted by Crippen LogP contribution is -2.41. The Balaban J connectivity index is 2.25. The first-order valence-corrected chi connectivity index (χ1v) is 8.72. The minimum Gasteiger partial charge on any atom is -0.399 e. The predicted molar refractivity (Wildman–Crippen MR) is 81.9 cm³/mol. The summed E-state index contributed by atoms with van der Waals surface area (Å²) in [7, 11) is -1.84. The second-order valence-electron chi connectivity index (χ2n) is 5.02. The van der Waals surface area contributed by atoms with E-state index in [0.717, 1.165) is 12.8 Å². The molecular formula is C13H19BrN2O3S. The van der Waals surface area contributed by atoms with Crippen LogP contribution in [-0.2, 0) is 14.8 Å². The molecule has 1 fully saturated rings. The van der Waals surface area contributed by atoms with E-state index in [-0.39, 0.29) is 10.8 Å². The highest BCUT2D eigenvalue weighted by Crippen LogP contribution is 2.29. The topological polar surface area (TPSA) is 72.6 Å². The molecule has 112 valence electrons. The van der Waals surface area contributed by atoms with Gasteiger partial charge in [0.2, 0.25) is 10.0 Å². The Labute approximate surface area is 128 Å². The van der Waals surface area contributed by atoms with E-state index in [2.05, 4.69) is 15.9 Å². The molecule has 1 heterocycles. The second kappa shape index (κ2) is 6.43. The first-order valence-electron chi connectivity index (χ1n) is 6.49. The van der Waals surface area contributed by atoms with Gasteiger partial charge >= 0.3 is 0 Å². The molecule has 2 rings (SSSR count). The van der Waals surface area contributed by atoms with Crippen molar-refractivity contribution < 1.29 is 13.2 Å². The maximum absolute atomic E-state index is 12.7. The molecule has 7 heteroatoms. The molecule has 0 aromatic heterocycles. The van der Waals surface area contributed by atoms with E-state index >= 15 is 0 Å². The number of hydrogen-bond donors (Lipinski definition) is 1. The summed E-state index contributed by atoms with van der Waals surface area (Å²) in [4.78, 5) is 0.268. The number of anilines is 1. The Bertz CT molecular complexity index is 575. The van der Waals surface area contributed by atoms with Gasteiger partial charge in [0, 0.05) is 30.4 Å². The Morgan fingerprint density at radius 2 is 2.25 bits per heavy atom. The quantitative estimate of drug-likeness (QED) is 0.832. The van der Waals surface area contributed by atoms with Crippen LogP contribution in [-0.4, -0.2) is 39.5 Å². The highest BCUT2D eigenvalue weighted by Gasteiger charge is 2.31. The van der Waals surface area contributed by atoms with Crippen LogP contribution in [0.5, 0.6) is 0 Å². The van der Waals surface area contributed by atoms with Crippen molar-refractivity contribution in [2.75, 3.05) is 32.5 Å². The number of ether oxygens (including phenoxy) is 1. The van der Waals surface area contributed by atoms with E-state index in [9.17, 15) is 8.42 Å². The molecule has 20 heavy (non-hydrogen) atoms. The van der Waals surface area contributed by atoms with Gasteiger partial charge in [-0.3, -0.25) is 0 Å². The highest BCUT2D eigenvalue weighted by atomic mass is 79.9. The van der Waals surface area contributed by atoms with Crippen molar-refractivity contribution in [3.05, 3.63) is 22.7 Å². The molecule has 1 atom stereocenters. The fourth-order valence-electron chi connectivity index (χ4n) is 2.48. The Morgan fingerprint density at radius 1 is 1.50 bits per heavy atom. The van der Waals surface area contributed by atoms with Crippen molar-refractivity contribution in [1.29, 1.82) is 0 Å². The summed E-state index contributed by atoms with van der Waals surface area (Å²) in [6.07, 6.45) is 1.86. The third kappa shape index (κ3) is 3.33. The minimum atomic E-state index is -3.49. The van der Waals surface area contributed by atoms with Gasteiger partial charge in [-0.15, -0.1) is 0 Å². The van der Waals surface area contributed by atoms with Crippen molar-refractivity contribution in [2.24, 2.45) is 5.92 Å². The molecule has 0 bridgehead atoms. The number of nitrogen functional groups attached to an aromatic ring is 1. The molecule has 2 N–H and O–H groups in total. The molecule has 0 aliphatic carbocycles. The van der Waals surface area contributed by atoms with Crippen LogP contribution in [0.15, 0.2) is 27.6 Å². The molecule has 0 spiro atoms. The number of nitrogens with two attached hydrogens (primary N) is 1. The average molecular weight is 363 g/mol. The molecule has 5 nitrogen and oxygen atoms in total. The van der Waals surface area contributed by atoms with Crippen LogP contribution in [0.2, 0.25) is 0 Å². The standard InChI is InChI=1S/C13H19BrN2O3S/c1-19-9-10-3-2-6-16(8-10)20(17,18)13-5-4-11(15)7-12(13)14/h4-5,7,10H,2-3,6,8-9,15H2,1H3. The lowest BCUT2D eigenvalue weighted by molar-refractivity contribution is 0.118. The van der Waals surface area contributed by atoms with Crippen LogP contribution in [0.3, 0.4) is 0 Å².